The molecular weight excluding hydrogens is 266 g/mol. The van der Waals surface area contributed by atoms with Gasteiger partial charge in [0.2, 0.25) is 10.1 Å². The number of hydrogen-bond donors (Lipinski definition) is 1. The summed E-state index contributed by atoms with van der Waals surface area (Å²) in [5.74, 6) is -1.89. The number of rotatable bonds is 2. The Bertz CT molecular complexity index is 241. The van der Waals surface area contributed by atoms with Crippen LogP contribution in [0.1, 0.15) is 20.8 Å². The summed E-state index contributed by atoms with van der Waals surface area (Å²) in [6, 6.07) is 0. The maximum absolute atomic E-state index is 9.43. The summed E-state index contributed by atoms with van der Waals surface area (Å²) in [7, 11) is 0. The van der Waals surface area contributed by atoms with Crippen LogP contribution < -0.4 is 0 Å². The van der Waals surface area contributed by atoms with E-state index in [1.165, 1.54) is 0 Å². The zero-order chi connectivity index (χ0) is 11.9. The molecule has 0 aliphatic carbocycles. The maximum atomic E-state index is 9.43. The topological polar surface area (TPSA) is 47.9 Å². The van der Waals surface area contributed by atoms with Crippen LogP contribution >= 0.6 is 34.8 Å². The van der Waals surface area contributed by atoms with E-state index in [-0.39, 0.29) is 6.61 Å². The molecule has 0 radical (unpaired) electrons. The molecule has 0 aromatic rings. The molecule has 1 heterocycles. The molecule has 1 rings (SSSR count). The van der Waals surface area contributed by atoms with Crippen molar-refractivity contribution in [2.24, 2.45) is 0 Å². The van der Waals surface area contributed by atoms with E-state index in [1.807, 2.05) is 0 Å². The van der Waals surface area contributed by atoms with E-state index < -0.39 is 21.7 Å². The average molecular weight is 280 g/mol. The van der Waals surface area contributed by atoms with Gasteiger partial charge < -0.3 is 19.3 Å². The van der Waals surface area contributed by atoms with Gasteiger partial charge in [-0.2, -0.15) is 0 Å². The van der Waals surface area contributed by atoms with Crippen molar-refractivity contribution in [3.05, 3.63) is 0 Å². The van der Waals surface area contributed by atoms with Gasteiger partial charge in [-0.05, 0) is 20.8 Å². The molecule has 1 aliphatic heterocycles. The minimum Gasteiger partial charge on any atom is -0.364 e. The molecule has 2 unspecified atom stereocenters. The maximum Gasteiger partial charge on any atom is 0.240 e. The second-order valence-electron chi connectivity index (χ2n) is 3.94. The third-order valence-corrected chi connectivity index (χ3v) is 2.34. The third kappa shape index (κ3) is 3.89. The van der Waals surface area contributed by atoms with Crippen LogP contribution in [0.15, 0.2) is 0 Å². The summed E-state index contributed by atoms with van der Waals surface area (Å²) >= 11 is 16.4. The van der Waals surface area contributed by atoms with E-state index in [0.717, 1.165) is 0 Å². The highest BCUT2D eigenvalue weighted by Gasteiger charge is 2.47. The molecule has 0 bridgehead atoms. The van der Waals surface area contributed by atoms with Crippen molar-refractivity contribution < 1.29 is 19.3 Å². The third-order valence-electron chi connectivity index (χ3n) is 1.78. The second-order valence-corrected chi connectivity index (χ2v) is 6.31. The normalized spacial score (nSPS) is 33.0. The fourth-order valence-electron chi connectivity index (χ4n) is 1.24. The zero-order valence-corrected chi connectivity index (χ0v) is 10.9. The van der Waals surface area contributed by atoms with Crippen LogP contribution in [0.5, 0.6) is 0 Å². The van der Waals surface area contributed by atoms with Gasteiger partial charge in [-0.3, -0.25) is 0 Å². The highest BCUT2D eigenvalue weighted by molar-refractivity contribution is 6.67. The smallest absolute Gasteiger partial charge is 0.240 e. The molecule has 0 spiro atoms. The van der Waals surface area contributed by atoms with Crippen molar-refractivity contribution in [2.75, 3.05) is 6.61 Å². The first-order chi connectivity index (χ1) is 6.54. The summed E-state index contributed by atoms with van der Waals surface area (Å²) in [5, 5.41) is 9.43. The van der Waals surface area contributed by atoms with Crippen LogP contribution in [-0.4, -0.2) is 33.4 Å². The molecule has 2 atom stereocenters. The Morgan fingerprint density at radius 3 is 2.20 bits per heavy atom. The van der Waals surface area contributed by atoms with Gasteiger partial charge in [-0.1, -0.05) is 34.8 Å². The first kappa shape index (κ1) is 13.8. The second kappa shape index (κ2) is 4.18. The standard InChI is InChI=1S/C8H13Cl3O4/c1-6(2)13-4-7(3,15-6)14-5(12)8(9,10)11/h5,12H,4H2,1-3H3. The lowest BCUT2D eigenvalue weighted by molar-refractivity contribution is -0.293. The Balaban J connectivity index is 2.59. The van der Waals surface area contributed by atoms with Crippen molar-refractivity contribution >= 4 is 34.8 Å². The molecule has 1 fully saturated rings. The number of hydrogen-bond acceptors (Lipinski definition) is 4. The number of alkyl halides is 3. The van der Waals surface area contributed by atoms with E-state index in [2.05, 4.69) is 0 Å². The predicted octanol–water partition coefficient (Wildman–Crippen LogP) is 2.19. The molecule has 0 aromatic carbocycles. The first-order valence-electron chi connectivity index (χ1n) is 4.31. The molecule has 0 saturated carbocycles. The Morgan fingerprint density at radius 1 is 1.33 bits per heavy atom. The van der Waals surface area contributed by atoms with E-state index in [4.69, 9.17) is 49.0 Å². The van der Waals surface area contributed by atoms with Crippen LogP contribution in [-0.2, 0) is 14.2 Å². The Hall–Kier alpha value is 0.710. The number of aliphatic hydroxyl groups excluding tert-OH is 1. The average Bonchev–Trinajstić information content (AvgIpc) is 2.23. The molecular formula is C8H13Cl3O4. The Morgan fingerprint density at radius 2 is 1.87 bits per heavy atom. The predicted molar refractivity (Wildman–Crippen MR) is 56.9 cm³/mol. The zero-order valence-electron chi connectivity index (χ0n) is 8.59. The van der Waals surface area contributed by atoms with Crippen molar-refractivity contribution in [1.82, 2.24) is 0 Å². The van der Waals surface area contributed by atoms with Crippen LogP contribution in [0.4, 0.5) is 0 Å². The van der Waals surface area contributed by atoms with Crippen LogP contribution in [0.25, 0.3) is 0 Å². The molecule has 1 aliphatic rings. The number of aliphatic hydroxyl groups is 1. The van der Waals surface area contributed by atoms with Crippen LogP contribution in [0.3, 0.4) is 0 Å². The lowest BCUT2D eigenvalue weighted by Crippen LogP contribution is -2.42. The molecule has 1 saturated heterocycles. The minimum atomic E-state index is -1.92. The van der Waals surface area contributed by atoms with E-state index in [1.54, 1.807) is 20.8 Å². The van der Waals surface area contributed by atoms with Gasteiger partial charge >= 0.3 is 0 Å². The van der Waals surface area contributed by atoms with E-state index in [9.17, 15) is 5.11 Å². The number of ether oxygens (including phenoxy) is 3. The quantitative estimate of drug-likeness (QED) is 0.622. The molecule has 15 heavy (non-hydrogen) atoms. The summed E-state index contributed by atoms with van der Waals surface area (Å²) in [4.78, 5) is 0. The van der Waals surface area contributed by atoms with Gasteiger partial charge in [-0.15, -0.1) is 0 Å². The summed E-state index contributed by atoms with van der Waals surface area (Å²) < 4.78 is 13.9. The van der Waals surface area contributed by atoms with Gasteiger partial charge in [0, 0.05) is 0 Å². The summed E-state index contributed by atoms with van der Waals surface area (Å²) in [6.45, 7) is 5.20. The molecule has 90 valence electrons. The summed E-state index contributed by atoms with van der Waals surface area (Å²) in [6.07, 6.45) is -1.58. The summed E-state index contributed by atoms with van der Waals surface area (Å²) in [5.41, 5.74) is 0. The fraction of sp³-hybridized carbons (Fsp3) is 1.00. The van der Waals surface area contributed by atoms with Crippen LogP contribution in [0.2, 0.25) is 0 Å². The van der Waals surface area contributed by atoms with Gasteiger partial charge in [0.25, 0.3) is 0 Å². The van der Waals surface area contributed by atoms with Crippen molar-refractivity contribution in [3.8, 4) is 0 Å². The van der Waals surface area contributed by atoms with E-state index >= 15 is 0 Å². The Labute approximate surface area is 103 Å². The first-order valence-corrected chi connectivity index (χ1v) is 5.44. The Kier molecular flexibility index (Phi) is 3.84. The molecule has 0 aromatic heterocycles. The van der Waals surface area contributed by atoms with Gasteiger partial charge in [0.05, 0.1) is 0 Å². The molecule has 4 nitrogen and oxygen atoms in total. The van der Waals surface area contributed by atoms with Crippen molar-refractivity contribution in [2.45, 2.75) is 42.4 Å². The SMILES string of the molecule is CC1(C)OCC(C)(OC(O)C(Cl)(Cl)Cl)O1. The van der Waals surface area contributed by atoms with Gasteiger partial charge in [0.1, 0.15) is 6.61 Å². The lowest BCUT2D eigenvalue weighted by Gasteiger charge is -2.30. The molecule has 0 amide bonds. The van der Waals surface area contributed by atoms with E-state index in [0.29, 0.717) is 0 Å². The molecule has 7 heteroatoms. The fourth-order valence-corrected chi connectivity index (χ4v) is 1.38. The van der Waals surface area contributed by atoms with Gasteiger partial charge in [0.15, 0.2) is 11.6 Å². The van der Waals surface area contributed by atoms with Crippen molar-refractivity contribution in [3.63, 3.8) is 0 Å². The monoisotopic (exact) mass is 278 g/mol. The lowest BCUT2D eigenvalue weighted by atomic mass is 10.3. The largest absolute Gasteiger partial charge is 0.364 e. The van der Waals surface area contributed by atoms with Gasteiger partial charge in [-0.25, -0.2) is 0 Å². The minimum absolute atomic E-state index is 0.151. The number of halogens is 3. The highest BCUT2D eigenvalue weighted by Crippen LogP contribution is 2.37. The van der Waals surface area contributed by atoms with Crippen molar-refractivity contribution in [1.29, 1.82) is 0 Å². The molecule has 1 N–H and O–H groups in total. The van der Waals surface area contributed by atoms with Crippen LogP contribution in [0, 0.1) is 0 Å². The highest BCUT2D eigenvalue weighted by atomic mass is 35.6.